The van der Waals surface area contributed by atoms with Gasteiger partial charge in [-0.25, -0.2) is 0 Å². The predicted octanol–water partition coefficient (Wildman–Crippen LogP) is 0.763. The molecule has 0 fully saturated rings. The fraction of sp³-hybridized carbons (Fsp3) is 0.594. The number of carboxylic acid groups (broad SMARTS) is 1. The molecule has 0 bridgehead atoms. The molecule has 548 valence electrons. The maximum Gasteiger partial charge on any atom is 0.303 e. The van der Waals surface area contributed by atoms with Gasteiger partial charge in [0, 0.05) is 48.8 Å². The number of guanidine groups is 1. The number of aromatic amines is 1. The van der Waals surface area contributed by atoms with Gasteiger partial charge in [-0.2, -0.15) is 0 Å². The molecule has 0 aliphatic heterocycles. The minimum atomic E-state index is -1.68. The number of nitrogens with one attached hydrogen (secondary N) is 11. The molecule has 2 aromatic carbocycles. The first-order valence-corrected chi connectivity index (χ1v) is 34.0. The van der Waals surface area contributed by atoms with E-state index < -0.39 is 162 Å². The first-order valence-electron chi connectivity index (χ1n) is 34.0. The number of carbonyl (C=O) groups is 13. The van der Waals surface area contributed by atoms with E-state index in [9.17, 15) is 67.4 Å². The standard InChI is InChI=1S/C69H108N16O14/c1-12-40(8)58(85-67(98)53(33-44-21-14-13-15-22-44)82-65(96)52(32-38(4)5)80-61(92)49(26-20-30-74-69(72)73)77-59(90)41(9)39(6)7)68(99)79-50(27-28-57(88)89)62(93)83-54(34-45-36-75-47-24-17-16-23-46(45)47)66(97)81-51(31-37(2)3)64(95)78-48(25-18-19-29-70)60(91)84-55(35-56(71)87)63(94)76-42(10)43(11)86/h13-17,21-24,36-42,48-55,58,75H,12,18-20,25-35,70H2,1-11H3,(H2,71,87)(H,76,94)(H,77,90)(H,78,95)(H,79,99)(H,80,92)(H,81,97)(H,82,96)(H,83,93)(H,84,91)(H,85,98)(H,88,89)(H4,72,73,74)/t40-,41-,42+,48-,49+,50-,51-,52-,53-,54-,55-,58-/m0/s1. The number of ketones is 1. The molecule has 0 aliphatic carbocycles. The minimum absolute atomic E-state index is 0.0188. The van der Waals surface area contributed by atoms with Gasteiger partial charge in [0.05, 0.1) is 12.5 Å². The van der Waals surface area contributed by atoms with Gasteiger partial charge in [0.25, 0.3) is 0 Å². The van der Waals surface area contributed by atoms with Gasteiger partial charge in [0.15, 0.2) is 11.7 Å². The molecule has 0 saturated carbocycles. The molecule has 30 heteroatoms. The van der Waals surface area contributed by atoms with E-state index in [-0.39, 0.29) is 94.1 Å². The van der Waals surface area contributed by atoms with Crippen molar-refractivity contribution in [1.29, 1.82) is 0 Å². The molecular weight excluding hydrogens is 1280 g/mol. The van der Waals surface area contributed by atoms with Gasteiger partial charge in [-0.05, 0) is 113 Å². The van der Waals surface area contributed by atoms with Gasteiger partial charge < -0.3 is 86.2 Å². The highest BCUT2D eigenvalue weighted by molar-refractivity contribution is 6.00. The van der Waals surface area contributed by atoms with E-state index in [0.717, 1.165) is 0 Å². The smallest absolute Gasteiger partial charge is 0.303 e. The quantitative estimate of drug-likeness (QED) is 0.0211. The number of Topliss-reactive ketones (excluding diaryl/α,β-unsaturated/α-hetero) is 1. The van der Waals surface area contributed by atoms with Crippen molar-refractivity contribution in [3.63, 3.8) is 0 Å². The topological polar surface area (TPSA) is 495 Å². The van der Waals surface area contributed by atoms with Crippen molar-refractivity contribution in [1.82, 2.24) is 58.2 Å². The summed E-state index contributed by atoms with van der Waals surface area (Å²) in [6.07, 6.45) is 0.874. The zero-order valence-corrected chi connectivity index (χ0v) is 59.1. The van der Waals surface area contributed by atoms with Crippen LogP contribution in [-0.2, 0) is 75.2 Å². The number of benzene rings is 2. The minimum Gasteiger partial charge on any atom is -0.481 e. The molecule has 1 heterocycles. The van der Waals surface area contributed by atoms with E-state index in [1.54, 1.807) is 95.4 Å². The monoisotopic (exact) mass is 1380 g/mol. The zero-order valence-electron chi connectivity index (χ0n) is 59.1. The molecule has 0 aliphatic rings. The lowest BCUT2D eigenvalue weighted by Gasteiger charge is -2.30. The summed E-state index contributed by atoms with van der Waals surface area (Å²) >= 11 is 0. The third-order valence-electron chi connectivity index (χ3n) is 17.0. The maximum atomic E-state index is 15.0. The molecule has 11 amide bonds. The van der Waals surface area contributed by atoms with Crippen molar-refractivity contribution in [2.75, 3.05) is 13.1 Å². The van der Waals surface area contributed by atoms with Crippen molar-refractivity contribution in [3.8, 4) is 0 Å². The van der Waals surface area contributed by atoms with Gasteiger partial charge in [-0.15, -0.1) is 0 Å². The molecule has 0 saturated heterocycles. The summed E-state index contributed by atoms with van der Waals surface area (Å²) in [6.45, 7) is 19.1. The van der Waals surface area contributed by atoms with E-state index >= 15 is 0 Å². The fourth-order valence-electron chi connectivity index (χ4n) is 10.5. The van der Waals surface area contributed by atoms with E-state index in [0.29, 0.717) is 34.9 Å². The summed E-state index contributed by atoms with van der Waals surface area (Å²) < 4.78 is 0. The molecule has 0 radical (unpaired) electrons. The Morgan fingerprint density at radius 3 is 1.47 bits per heavy atom. The molecule has 30 nitrogen and oxygen atoms in total. The molecule has 3 rings (SSSR count). The second-order valence-corrected chi connectivity index (χ2v) is 26.6. The summed E-state index contributed by atoms with van der Waals surface area (Å²) in [5.41, 5.74) is 24.1. The maximum absolute atomic E-state index is 15.0. The lowest BCUT2D eigenvalue weighted by Crippen LogP contribution is -2.62. The number of para-hydroxylation sites is 1. The molecule has 0 unspecified atom stereocenters. The van der Waals surface area contributed by atoms with Crippen LogP contribution >= 0.6 is 0 Å². The van der Waals surface area contributed by atoms with Crippen LogP contribution in [0.1, 0.15) is 158 Å². The van der Waals surface area contributed by atoms with E-state index in [1.807, 2.05) is 27.7 Å². The van der Waals surface area contributed by atoms with Crippen LogP contribution in [0, 0.1) is 29.6 Å². The number of nitrogens with two attached hydrogens (primary N) is 4. The van der Waals surface area contributed by atoms with Gasteiger partial charge in [-0.3, -0.25) is 67.3 Å². The normalized spacial score (nSPS) is 14.9. The number of fused-ring (bicyclic) bond motifs is 1. The highest BCUT2D eigenvalue weighted by Crippen LogP contribution is 2.21. The Kier molecular flexibility index (Phi) is 35.8. The number of aromatic nitrogens is 1. The van der Waals surface area contributed by atoms with Gasteiger partial charge in [-0.1, -0.05) is 117 Å². The second kappa shape index (κ2) is 42.4. The summed E-state index contributed by atoms with van der Waals surface area (Å²) in [4.78, 5) is 187. The Morgan fingerprint density at radius 1 is 0.505 bits per heavy atom. The van der Waals surface area contributed by atoms with Crippen molar-refractivity contribution < 1.29 is 67.4 Å². The van der Waals surface area contributed by atoms with Crippen LogP contribution in [0.4, 0.5) is 0 Å². The third kappa shape index (κ3) is 29.6. The Balaban J connectivity index is 2.07. The zero-order chi connectivity index (χ0) is 74.2. The van der Waals surface area contributed by atoms with Crippen molar-refractivity contribution in [2.24, 2.45) is 57.5 Å². The SMILES string of the molecule is CC[C@H](C)[C@H](NC(=O)[C@H](Cc1ccccc1)NC(=O)[C@H](CC(C)C)NC(=O)[C@@H](CCCN=C(N)N)NC(=O)[C@@H](C)C(C)C)C(=O)N[C@@H](CCC(=O)O)C(=O)N[C@@H](Cc1c[nH]c2ccccc12)C(=O)N[C@@H](CC(C)C)C(=O)N[C@@H](CCCCN)C(=O)N[C@@H](CC(N)=O)C(=O)N[C@H](C)C(C)=O. The number of rotatable bonds is 45. The summed E-state index contributed by atoms with van der Waals surface area (Å²) in [5, 5.41) is 37.5. The molecule has 20 N–H and O–H groups in total. The van der Waals surface area contributed by atoms with Crippen LogP contribution < -0.4 is 76.1 Å². The van der Waals surface area contributed by atoms with Gasteiger partial charge >= 0.3 is 5.97 Å². The summed E-state index contributed by atoms with van der Waals surface area (Å²) in [6, 6.07) is 2.04. The number of carbonyl (C=O) groups excluding carboxylic acids is 12. The molecule has 99 heavy (non-hydrogen) atoms. The Hall–Kier alpha value is -9.48. The Morgan fingerprint density at radius 2 is 0.960 bits per heavy atom. The van der Waals surface area contributed by atoms with Crippen LogP contribution in [0.5, 0.6) is 0 Å². The van der Waals surface area contributed by atoms with E-state index in [4.69, 9.17) is 22.9 Å². The Labute approximate surface area is 579 Å². The van der Waals surface area contributed by atoms with Crippen molar-refractivity contribution in [3.05, 3.63) is 71.9 Å². The third-order valence-corrected chi connectivity index (χ3v) is 17.0. The first-order chi connectivity index (χ1) is 46.6. The number of unbranched alkanes of at least 4 members (excludes halogenated alkanes) is 1. The van der Waals surface area contributed by atoms with Crippen LogP contribution in [-0.4, -0.2) is 166 Å². The number of amides is 11. The van der Waals surface area contributed by atoms with Crippen LogP contribution in [0.3, 0.4) is 0 Å². The molecule has 12 atom stereocenters. The highest BCUT2D eigenvalue weighted by Gasteiger charge is 2.38. The number of H-pyrrole nitrogens is 1. The number of primary amides is 1. The summed E-state index contributed by atoms with van der Waals surface area (Å²) in [5.74, 6) is -12.7. The fourth-order valence-corrected chi connectivity index (χ4v) is 10.5. The van der Waals surface area contributed by atoms with Gasteiger partial charge in [0.1, 0.15) is 54.4 Å². The lowest BCUT2D eigenvalue weighted by molar-refractivity contribution is -0.139. The first kappa shape index (κ1) is 83.7. The number of carboxylic acids is 1. The van der Waals surface area contributed by atoms with Gasteiger partial charge in [0.2, 0.25) is 65.0 Å². The molecular formula is C69H108N16O14. The predicted molar refractivity (Wildman–Crippen MR) is 374 cm³/mol. The van der Waals surface area contributed by atoms with Crippen LogP contribution in [0.2, 0.25) is 0 Å². The average molecular weight is 1390 g/mol. The van der Waals surface area contributed by atoms with E-state index in [1.165, 1.54) is 13.8 Å². The number of hydrogen-bond acceptors (Lipinski definition) is 15. The van der Waals surface area contributed by atoms with Crippen molar-refractivity contribution >= 4 is 93.6 Å². The molecule has 1 aromatic heterocycles. The molecule has 3 aromatic rings. The lowest BCUT2D eigenvalue weighted by atomic mass is 9.96. The van der Waals surface area contributed by atoms with Crippen molar-refractivity contribution in [2.45, 2.75) is 220 Å². The Bertz CT molecular complexity index is 3240. The van der Waals surface area contributed by atoms with E-state index in [2.05, 4.69) is 63.1 Å². The van der Waals surface area contributed by atoms with Crippen LogP contribution in [0.25, 0.3) is 10.9 Å². The number of nitrogens with zero attached hydrogens (tertiary/aromatic N) is 1. The average Bonchev–Trinajstić information content (AvgIpc) is 1.75. The summed E-state index contributed by atoms with van der Waals surface area (Å²) in [7, 11) is 0. The van der Waals surface area contributed by atoms with Crippen LogP contribution in [0.15, 0.2) is 65.8 Å². The number of aliphatic imine (C=N–C) groups is 1. The second-order valence-electron chi connectivity index (χ2n) is 26.6. The largest absolute Gasteiger partial charge is 0.481 e. The number of hydrogen-bond donors (Lipinski definition) is 16. The molecule has 0 spiro atoms. The highest BCUT2D eigenvalue weighted by atomic mass is 16.4. The number of aliphatic carboxylic acids is 1.